The van der Waals surface area contributed by atoms with Crippen molar-refractivity contribution < 1.29 is 29.0 Å². The molecule has 0 saturated heterocycles. The first-order valence-electron chi connectivity index (χ1n) is 4.81. The van der Waals surface area contributed by atoms with Gasteiger partial charge >= 0.3 is 11.9 Å². The predicted molar refractivity (Wildman–Crippen MR) is 55.0 cm³/mol. The standard InChI is InChI=1S/C10H13NO6/c1-10(2,3)16-4-5-11-6(8(12)13)7(17-5)9(14)15/h4H2,1-3H3,(H,12,13)(H,14,15). The molecular weight excluding hydrogens is 230 g/mol. The van der Waals surface area contributed by atoms with Crippen LogP contribution >= 0.6 is 0 Å². The van der Waals surface area contributed by atoms with Crippen molar-refractivity contribution in [2.24, 2.45) is 0 Å². The molecule has 7 heteroatoms. The Morgan fingerprint density at radius 1 is 1.29 bits per heavy atom. The summed E-state index contributed by atoms with van der Waals surface area (Å²) in [6, 6.07) is 0. The lowest BCUT2D eigenvalue weighted by atomic mass is 10.2. The van der Waals surface area contributed by atoms with E-state index in [1.807, 2.05) is 0 Å². The molecule has 0 spiro atoms. The van der Waals surface area contributed by atoms with Gasteiger partial charge in [0.05, 0.1) is 5.60 Å². The zero-order chi connectivity index (χ0) is 13.2. The average molecular weight is 243 g/mol. The fourth-order valence-electron chi connectivity index (χ4n) is 0.994. The minimum Gasteiger partial charge on any atom is -0.476 e. The van der Waals surface area contributed by atoms with Crippen molar-refractivity contribution in [1.29, 1.82) is 0 Å². The summed E-state index contributed by atoms with van der Waals surface area (Å²) in [5, 5.41) is 17.4. The Morgan fingerprint density at radius 2 is 1.88 bits per heavy atom. The number of carboxylic acids is 2. The summed E-state index contributed by atoms with van der Waals surface area (Å²) in [5.74, 6) is -3.69. The number of carboxylic acid groups (broad SMARTS) is 2. The molecule has 2 N–H and O–H groups in total. The maximum atomic E-state index is 10.7. The molecule has 94 valence electrons. The van der Waals surface area contributed by atoms with Crippen molar-refractivity contribution in [2.75, 3.05) is 0 Å². The first-order valence-corrected chi connectivity index (χ1v) is 4.81. The van der Waals surface area contributed by atoms with Gasteiger partial charge in [-0.05, 0) is 20.8 Å². The van der Waals surface area contributed by atoms with E-state index in [1.54, 1.807) is 20.8 Å². The van der Waals surface area contributed by atoms with Gasteiger partial charge in [-0.25, -0.2) is 14.6 Å². The topological polar surface area (TPSA) is 110 Å². The van der Waals surface area contributed by atoms with Gasteiger partial charge in [-0.3, -0.25) is 0 Å². The number of hydrogen-bond acceptors (Lipinski definition) is 5. The number of hydrogen-bond donors (Lipinski definition) is 2. The lowest BCUT2D eigenvalue weighted by Crippen LogP contribution is -2.18. The fraction of sp³-hybridized carbons (Fsp3) is 0.500. The predicted octanol–water partition coefficient (Wildman–Crippen LogP) is 1.39. The summed E-state index contributed by atoms with van der Waals surface area (Å²) in [6.45, 7) is 5.31. The van der Waals surface area contributed by atoms with Crippen LogP contribution in [0.1, 0.15) is 47.7 Å². The molecule has 0 unspecified atom stereocenters. The first-order chi connectivity index (χ1) is 7.70. The normalized spacial score (nSPS) is 11.5. The maximum Gasteiger partial charge on any atom is 0.374 e. The molecule has 0 saturated carbocycles. The van der Waals surface area contributed by atoms with Gasteiger partial charge in [0.2, 0.25) is 17.3 Å². The smallest absolute Gasteiger partial charge is 0.374 e. The zero-order valence-electron chi connectivity index (χ0n) is 9.68. The van der Waals surface area contributed by atoms with Crippen LogP contribution in [0.4, 0.5) is 0 Å². The van der Waals surface area contributed by atoms with E-state index in [-0.39, 0.29) is 12.5 Å². The number of aromatic carboxylic acids is 2. The van der Waals surface area contributed by atoms with Gasteiger partial charge < -0.3 is 19.4 Å². The van der Waals surface area contributed by atoms with Crippen molar-refractivity contribution >= 4 is 11.9 Å². The minimum absolute atomic E-state index is 0.0743. The van der Waals surface area contributed by atoms with Crippen LogP contribution in [-0.4, -0.2) is 32.7 Å². The monoisotopic (exact) mass is 243 g/mol. The molecule has 0 aromatic carbocycles. The Balaban J connectivity index is 2.93. The van der Waals surface area contributed by atoms with Gasteiger partial charge in [0.25, 0.3) is 0 Å². The van der Waals surface area contributed by atoms with Crippen molar-refractivity contribution in [2.45, 2.75) is 33.0 Å². The van der Waals surface area contributed by atoms with Crippen molar-refractivity contribution in [3.05, 3.63) is 17.3 Å². The van der Waals surface area contributed by atoms with Crippen LogP contribution < -0.4 is 0 Å². The molecule has 0 atom stereocenters. The maximum absolute atomic E-state index is 10.7. The van der Waals surface area contributed by atoms with Crippen LogP contribution in [0.25, 0.3) is 0 Å². The summed E-state index contributed by atoms with van der Waals surface area (Å²) >= 11 is 0. The van der Waals surface area contributed by atoms with Crippen LogP contribution in [0, 0.1) is 0 Å². The molecule has 0 aliphatic carbocycles. The number of rotatable bonds is 4. The van der Waals surface area contributed by atoms with Crippen LogP contribution in [0.15, 0.2) is 4.42 Å². The van der Waals surface area contributed by atoms with Crippen LogP contribution in [0.3, 0.4) is 0 Å². The third-order valence-corrected chi connectivity index (χ3v) is 1.70. The number of ether oxygens (including phenoxy) is 1. The Morgan fingerprint density at radius 3 is 2.24 bits per heavy atom. The molecule has 1 heterocycles. The van der Waals surface area contributed by atoms with Crippen LogP contribution in [0.2, 0.25) is 0 Å². The molecule has 0 fully saturated rings. The highest BCUT2D eigenvalue weighted by atomic mass is 16.5. The molecule has 1 rings (SSSR count). The molecule has 1 aromatic rings. The van der Waals surface area contributed by atoms with Crippen molar-refractivity contribution in [3.63, 3.8) is 0 Å². The van der Waals surface area contributed by atoms with E-state index in [9.17, 15) is 9.59 Å². The Hall–Kier alpha value is -1.89. The second-order valence-corrected chi connectivity index (χ2v) is 4.30. The molecule has 0 bridgehead atoms. The van der Waals surface area contributed by atoms with Crippen molar-refractivity contribution in [3.8, 4) is 0 Å². The highest BCUT2D eigenvalue weighted by molar-refractivity contribution is 5.98. The van der Waals surface area contributed by atoms with Gasteiger partial charge in [0.15, 0.2) is 0 Å². The average Bonchev–Trinajstić information content (AvgIpc) is 2.57. The zero-order valence-corrected chi connectivity index (χ0v) is 9.68. The van der Waals surface area contributed by atoms with E-state index >= 15 is 0 Å². The molecule has 0 aliphatic rings. The summed E-state index contributed by atoms with van der Waals surface area (Å²) in [4.78, 5) is 25.0. The molecule has 0 amide bonds. The highest BCUT2D eigenvalue weighted by Crippen LogP contribution is 2.15. The van der Waals surface area contributed by atoms with Crippen molar-refractivity contribution in [1.82, 2.24) is 4.98 Å². The molecule has 0 aliphatic heterocycles. The van der Waals surface area contributed by atoms with Gasteiger partial charge in [-0.2, -0.15) is 0 Å². The lowest BCUT2D eigenvalue weighted by Gasteiger charge is -2.17. The number of oxazole rings is 1. The first kappa shape index (κ1) is 13.2. The molecule has 17 heavy (non-hydrogen) atoms. The summed E-state index contributed by atoms with van der Waals surface area (Å²) < 4.78 is 10.1. The number of carbonyl (C=O) groups is 2. The minimum atomic E-state index is -1.48. The summed E-state index contributed by atoms with van der Waals surface area (Å²) in [6.07, 6.45) is 0. The van der Waals surface area contributed by atoms with Gasteiger partial charge in [0, 0.05) is 0 Å². The van der Waals surface area contributed by atoms with Gasteiger partial charge in [-0.1, -0.05) is 0 Å². The van der Waals surface area contributed by atoms with Gasteiger partial charge in [-0.15, -0.1) is 0 Å². The quantitative estimate of drug-likeness (QED) is 0.821. The SMILES string of the molecule is CC(C)(C)OCc1nc(C(=O)O)c(C(=O)O)o1. The third-order valence-electron chi connectivity index (χ3n) is 1.70. The Bertz CT molecular complexity index is 411. The molecule has 0 radical (unpaired) electrons. The second-order valence-electron chi connectivity index (χ2n) is 4.30. The Kier molecular flexibility index (Phi) is 3.52. The summed E-state index contributed by atoms with van der Waals surface area (Å²) in [7, 11) is 0. The second kappa shape index (κ2) is 4.54. The molecular formula is C10H13NO6. The van der Waals surface area contributed by atoms with Crippen LogP contribution in [0.5, 0.6) is 0 Å². The van der Waals surface area contributed by atoms with E-state index in [2.05, 4.69) is 4.98 Å². The largest absolute Gasteiger partial charge is 0.476 e. The van der Waals surface area contributed by atoms with Crippen LogP contribution in [-0.2, 0) is 11.3 Å². The van der Waals surface area contributed by atoms with Gasteiger partial charge in [0.1, 0.15) is 6.61 Å². The molecule has 7 nitrogen and oxygen atoms in total. The summed E-state index contributed by atoms with van der Waals surface area (Å²) in [5.41, 5.74) is -1.08. The number of nitrogens with zero attached hydrogens (tertiary/aromatic N) is 1. The van der Waals surface area contributed by atoms with E-state index in [1.165, 1.54) is 0 Å². The van der Waals surface area contributed by atoms with E-state index in [0.717, 1.165) is 0 Å². The van der Waals surface area contributed by atoms with E-state index in [0.29, 0.717) is 0 Å². The lowest BCUT2D eigenvalue weighted by molar-refractivity contribution is -0.0246. The third kappa shape index (κ3) is 3.56. The molecule has 1 aromatic heterocycles. The van der Waals surface area contributed by atoms with E-state index in [4.69, 9.17) is 19.4 Å². The van der Waals surface area contributed by atoms with E-state index < -0.39 is 29.0 Å². The number of aromatic nitrogens is 1. The Labute approximate surface area is 97.0 Å². The fourth-order valence-corrected chi connectivity index (χ4v) is 0.994. The highest BCUT2D eigenvalue weighted by Gasteiger charge is 2.25.